The van der Waals surface area contributed by atoms with E-state index in [9.17, 15) is 22.8 Å². The quantitative estimate of drug-likeness (QED) is 0.546. The van der Waals surface area contributed by atoms with Crippen LogP contribution in [0.3, 0.4) is 0 Å². The summed E-state index contributed by atoms with van der Waals surface area (Å²) in [6.07, 6.45) is 3.57. The molecule has 1 saturated heterocycles. The molecule has 2 aliphatic carbocycles. The van der Waals surface area contributed by atoms with Crippen molar-refractivity contribution >= 4 is 11.8 Å². The van der Waals surface area contributed by atoms with Gasteiger partial charge in [-0.3, -0.25) is 9.59 Å². The van der Waals surface area contributed by atoms with Gasteiger partial charge in [-0.2, -0.15) is 0 Å². The van der Waals surface area contributed by atoms with E-state index in [1.807, 2.05) is 0 Å². The highest BCUT2D eigenvalue weighted by Gasteiger charge is 2.52. The number of benzene rings is 1. The molecule has 33 heavy (non-hydrogen) atoms. The van der Waals surface area contributed by atoms with Gasteiger partial charge in [0.2, 0.25) is 11.8 Å². The van der Waals surface area contributed by atoms with E-state index >= 15 is 0 Å². The summed E-state index contributed by atoms with van der Waals surface area (Å²) in [5.41, 5.74) is -0.150. The maximum Gasteiger partial charge on any atom is 0.573 e. The van der Waals surface area contributed by atoms with Crippen molar-refractivity contribution < 1.29 is 27.5 Å². The van der Waals surface area contributed by atoms with Crippen LogP contribution in [0.2, 0.25) is 0 Å². The van der Waals surface area contributed by atoms with E-state index < -0.39 is 17.8 Å². The number of carbonyl (C=O) groups is 2. The Morgan fingerprint density at radius 2 is 1.79 bits per heavy atom. The van der Waals surface area contributed by atoms with Crippen LogP contribution in [-0.2, 0) is 15.0 Å². The van der Waals surface area contributed by atoms with Crippen LogP contribution in [-0.4, -0.2) is 43.3 Å². The first-order chi connectivity index (χ1) is 15.7. The molecule has 0 aromatic heterocycles. The maximum atomic E-state index is 13.3. The van der Waals surface area contributed by atoms with Crippen LogP contribution in [0.25, 0.3) is 0 Å². The fourth-order valence-electron chi connectivity index (χ4n) is 5.11. The Bertz CT molecular complexity index is 828. The number of ether oxygens (including phenoxy) is 1. The lowest BCUT2D eigenvalue weighted by Gasteiger charge is -2.29. The van der Waals surface area contributed by atoms with Crippen molar-refractivity contribution in [2.75, 3.05) is 13.1 Å². The summed E-state index contributed by atoms with van der Waals surface area (Å²) >= 11 is 0. The summed E-state index contributed by atoms with van der Waals surface area (Å²) < 4.78 is 41.3. The van der Waals surface area contributed by atoms with Crippen molar-refractivity contribution in [2.45, 2.75) is 81.6 Å². The number of hydrogen-bond donors (Lipinski definition) is 3. The van der Waals surface area contributed by atoms with Gasteiger partial charge in [0, 0.05) is 12.6 Å². The van der Waals surface area contributed by atoms with Gasteiger partial charge in [0.15, 0.2) is 0 Å². The number of hydrogen-bond acceptors (Lipinski definition) is 4. The van der Waals surface area contributed by atoms with Crippen molar-refractivity contribution in [3.63, 3.8) is 0 Å². The molecular formula is C24H32F3N3O3. The van der Waals surface area contributed by atoms with Gasteiger partial charge < -0.3 is 20.7 Å². The van der Waals surface area contributed by atoms with Gasteiger partial charge in [-0.25, -0.2) is 0 Å². The Morgan fingerprint density at radius 1 is 1.09 bits per heavy atom. The fourth-order valence-corrected chi connectivity index (χ4v) is 5.11. The highest BCUT2D eigenvalue weighted by molar-refractivity contribution is 5.95. The second-order valence-electron chi connectivity index (χ2n) is 9.62. The molecule has 6 nitrogen and oxygen atoms in total. The third-order valence-corrected chi connectivity index (χ3v) is 7.15. The van der Waals surface area contributed by atoms with Gasteiger partial charge in [-0.15, -0.1) is 13.2 Å². The topological polar surface area (TPSA) is 79.5 Å². The second-order valence-corrected chi connectivity index (χ2v) is 9.62. The lowest BCUT2D eigenvalue weighted by Crippen LogP contribution is -2.53. The lowest BCUT2D eigenvalue weighted by molar-refractivity contribution is -0.274. The molecule has 9 heteroatoms. The molecule has 0 spiro atoms. The first-order valence-corrected chi connectivity index (χ1v) is 11.9. The number of amides is 2. The molecule has 1 aromatic rings. The lowest BCUT2D eigenvalue weighted by atomic mass is 9.84. The van der Waals surface area contributed by atoms with Crippen molar-refractivity contribution in [3.05, 3.63) is 29.8 Å². The number of carbonyl (C=O) groups excluding carboxylic acids is 2. The Balaban J connectivity index is 1.44. The SMILES string of the molecule is O=C(NC1CCNC1)C(CC1CCCCC1)NC(=O)C1(c2ccc(OC(F)(F)F)cc2)CC1. The minimum absolute atomic E-state index is 0.0688. The monoisotopic (exact) mass is 467 g/mol. The zero-order chi connectivity index (χ0) is 23.5. The van der Waals surface area contributed by atoms with Crippen LogP contribution in [0.5, 0.6) is 5.75 Å². The Labute approximate surface area is 192 Å². The average Bonchev–Trinajstić information content (AvgIpc) is 3.43. The molecule has 3 N–H and O–H groups in total. The highest BCUT2D eigenvalue weighted by Crippen LogP contribution is 2.49. The van der Waals surface area contributed by atoms with Crippen LogP contribution >= 0.6 is 0 Å². The van der Waals surface area contributed by atoms with Crippen molar-refractivity contribution in [1.29, 1.82) is 0 Å². The Kier molecular flexibility index (Phi) is 7.16. The molecule has 2 saturated carbocycles. The van der Waals surface area contributed by atoms with E-state index in [0.29, 0.717) is 30.7 Å². The molecule has 1 aromatic carbocycles. The summed E-state index contributed by atoms with van der Waals surface area (Å²) in [5, 5.41) is 9.32. The van der Waals surface area contributed by atoms with E-state index in [0.717, 1.165) is 45.2 Å². The molecule has 3 fully saturated rings. The maximum absolute atomic E-state index is 13.3. The van der Waals surface area contributed by atoms with Gasteiger partial charge in [0.25, 0.3) is 0 Å². The first kappa shape index (κ1) is 23.9. The Morgan fingerprint density at radius 3 is 2.36 bits per heavy atom. The van der Waals surface area contributed by atoms with Crippen LogP contribution < -0.4 is 20.7 Å². The highest BCUT2D eigenvalue weighted by atomic mass is 19.4. The number of halogens is 3. The summed E-state index contributed by atoms with van der Waals surface area (Å²) in [6, 6.07) is 4.94. The molecule has 3 aliphatic rings. The van der Waals surface area contributed by atoms with Gasteiger partial charge in [-0.05, 0) is 55.8 Å². The van der Waals surface area contributed by atoms with Crippen LogP contribution in [0.4, 0.5) is 13.2 Å². The summed E-state index contributed by atoms with van der Waals surface area (Å²) in [7, 11) is 0. The first-order valence-electron chi connectivity index (χ1n) is 11.9. The van der Waals surface area contributed by atoms with E-state index in [2.05, 4.69) is 20.7 Å². The molecule has 2 amide bonds. The number of alkyl halides is 3. The minimum Gasteiger partial charge on any atom is -0.406 e. The molecule has 1 aliphatic heterocycles. The molecule has 182 valence electrons. The van der Waals surface area contributed by atoms with Crippen molar-refractivity contribution in [2.24, 2.45) is 5.92 Å². The molecule has 0 bridgehead atoms. The summed E-state index contributed by atoms with van der Waals surface area (Å²) in [6.45, 7) is 1.59. The smallest absolute Gasteiger partial charge is 0.406 e. The minimum atomic E-state index is -4.76. The summed E-state index contributed by atoms with van der Waals surface area (Å²) in [5.74, 6) is -0.285. The second kappa shape index (κ2) is 9.91. The predicted octanol–water partition coefficient (Wildman–Crippen LogP) is 3.55. The van der Waals surface area contributed by atoms with E-state index in [-0.39, 0.29) is 23.6 Å². The van der Waals surface area contributed by atoms with Gasteiger partial charge in [0.1, 0.15) is 11.8 Å². The average molecular weight is 468 g/mol. The Hall–Kier alpha value is -2.29. The molecular weight excluding hydrogens is 435 g/mol. The molecule has 4 rings (SSSR count). The van der Waals surface area contributed by atoms with Crippen molar-refractivity contribution in [1.82, 2.24) is 16.0 Å². The van der Waals surface area contributed by atoms with Crippen molar-refractivity contribution in [3.8, 4) is 5.75 Å². The summed E-state index contributed by atoms with van der Waals surface area (Å²) in [4.78, 5) is 26.4. The van der Waals surface area contributed by atoms with Gasteiger partial charge in [0.05, 0.1) is 5.41 Å². The standard InChI is InChI=1S/C24H32F3N3O3/c25-24(26,27)33-19-8-6-17(7-9-19)23(11-12-23)22(32)30-20(14-16-4-2-1-3-5-16)21(31)29-18-10-13-28-15-18/h6-9,16,18,20,28H,1-5,10-15H2,(H,29,31)(H,30,32). The predicted molar refractivity (Wildman–Crippen MR) is 117 cm³/mol. The number of nitrogens with one attached hydrogen (secondary N) is 3. The van der Waals surface area contributed by atoms with Crippen LogP contribution in [0.1, 0.15) is 63.4 Å². The van der Waals surface area contributed by atoms with E-state index in [4.69, 9.17) is 0 Å². The molecule has 2 unspecified atom stereocenters. The largest absolute Gasteiger partial charge is 0.573 e. The van der Waals surface area contributed by atoms with Crippen LogP contribution in [0, 0.1) is 5.92 Å². The van der Waals surface area contributed by atoms with Crippen LogP contribution in [0.15, 0.2) is 24.3 Å². The zero-order valence-corrected chi connectivity index (χ0v) is 18.7. The number of rotatable bonds is 8. The van der Waals surface area contributed by atoms with Gasteiger partial charge in [-0.1, -0.05) is 44.2 Å². The third-order valence-electron chi connectivity index (χ3n) is 7.15. The van der Waals surface area contributed by atoms with E-state index in [1.165, 1.54) is 30.7 Å². The molecule has 2 atom stereocenters. The molecule has 0 radical (unpaired) electrons. The third kappa shape index (κ3) is 6.19. The zero-order valence-electron chi connectivity index (χ0n) is 18.7. The normalized spacial score (nSPS) is 23.5. The fraction of sp³-hybridized carbons (Fsp3) is 0.667. The van der Waals surface area contributed by atoms with Gasteiger partial charge >= 0.3 is 6.36 Å². The molecule has 1 heterocycles. The van der Waals surface area contributed by atoms with E-state index in [1.54, 1.807) is 0 Å².